The van der Waals surface area contributed by atoms with E-state index in [0.717, 1.165) is 18.8 Å². The number of nitrogens with zero attached hydrogens (tertiary/aromatic N) is 1. The normalized spacial score (nSPS) is 15.1. The van der Waals surface area contributed by atoms with E-state index < -0.39 is 0 Å². The van der Waals surface area contributed by atoms with Gasteiger partial charge in [0.15, 0.2) is 0 Å². The van der Waals surface area contributed by atoms with Crippen molar-refractivity contribution >= 4 is 17.3 Å². The van der Waals surface area contributed by atoms with E-state index in [9.17, 15) is 4.79 Å². The molecule has 3 nitrogen and oxygen atoms in total. The van der Waals surface area contributed by atoms with Crippen LogP contribution in [0.2, 0.25) is 0 Å². The van der Waals surface area contributed by atoms with Crippen molar-refractivity contribution in [1.29, 1.82) is 0 Å². The van der Waals surface area contributed by atoms with E-state index in [1.807, 2.05) is 6.07 Å². The second kappa shape index (κ2) is 6.09. The highest BCUT2D eigenvalue weighted by Crippen LogP contribution is 2.27. The molecule has 1 amide bonds. The molecular formula is C16H24N2O. The van der Waals surface area contributed by atoms with Crippen molar-refractivity contribution in [3.63, 3.8) is 0 Å². The van der Waals surface area contributed by atoms with E-state index >= 15 is 0 Å². The molecule has 1 heterocycles. The summed E-state index contributed by atoms with van der Waals surface area (Å²) in [5.41, 5.74) is 3.46. The summed E-state index contributed by atoms with van der Waals surface area (Å²) in [7, 11) is 0. The number of benzene rings is 1. The molecule has 104 valence electrons. The van der Waals surface area contributed by atoms with E-state index in [1.165, 1.54) is 24.1 Å². The Morgan fingerprint density at radius 1 is 1.32 bits per heavy atom. The molecule has 2 rings (SSSR count). The molecule has 1 aromatic rings. The zero-order valence-corrected chi connectivity index (χ0v) is 12.2. The van der Waals surface area contributed by atoms with Gasteiger partial charge in [-0.25, -0.2) is 0 Å². The van der Waals surface area contributed by atoms with Crippen molar-refractivity contribution in [2.24, 2.45) is 5.92 Å². The van der Waals surface area contributed by atoms with E-state index in [0.29, 0.717) is 12.3 Å². The standard InChI is InChI=1S/C16H24N2O/c1-12(2)10-16(19)17-14-7-6-13(3)15(11-14)18-8-4-5-9-18/h6-7,11-12H,4-5,8-10H2,1-3H3,(H,17,19). The van der Waals surface area contributed by atoms with Crippen LogP contribution in [0.25, 0.3) is 0 Å². The van der Waals surface area contributed by atoms with Crippen molar-refractivity contribution in [2.75, 3.05) is 23.3 Å². The molecule has 1 aromatic carbocycles. The summed E-state index contributed by atoms with van der Waals surface area (Å²) in [4.78, 5) is 14.2. The highest BCUT2D eigenvalue weighted by atomic mass is 16.1. The minimum atomic E-state index is 0.103. The van der Waals surface area contributed by atoms with Gasteiger partial charge in [-0.1, -0.05) is 19.9 Å². The number of anilines is 2. The van der Waals surface area contributed by atoms with E-state index in [-0.39, 0.29) is 5.91 Å². The highest BCUT2D eigenvalue weighted by molar-refractivity contribution is 5.91. The molecule has 1 aliphatic heterocycles. The van der Waals surface area contributed by atoms with Crippen molar-refractivity contribution in [1.82, 2.24) is 0 Å². The van der Waals surface area contributed by atoms with Gasteiger partial charge in [0.25, 0.3) is 0 Å². The third kappa shape index (κ3) is 3.72. The molecule has 0 unspecified atom stereocenters. The van der Waals surface area contributed by atoms with Crippen LogP contribution < -0.4 is 10.2 Å². The number of nitrogens with one attached hydrogen (secondary N) is 1. The molecule has 1 N–H and O–H groups in total. The number of amides is 1. The summed E-state index contributed by atoms with van der Waals surface area (Å²) in [6, 6.07) is 6.20. The van der Waals surface area contributed by atoms with Gasteiger partial charge in [0.1, 0.15) is 0 Å². The maximum absolute atomic E-state index is 11.8. The summed E-state index contributed by atoms with van der Waals surface area (Å²) in [5.74, 6) is 0.495. The van der Waals surface area contributed by atoms with Crippen LogP contribution in [0.5, 0.6) is 0 Å². The average molecular weight is 260 g/mol. The maximum atomic E-state index is 11.8. The molecule has 19 heavy (non-hydrogen) atoms. The van der Waals surface area contributed by atoms with Crippen LogP contribution >= 0.6 is 0 Å². The molecule has 1 fully saturated rings. The van der Waals surface area contributed by atoms with E-state index in [1.54, 1.807) is 0 Å². The second-order valence-electron chi connectivity index (χ2n) is 5.84. The fraction of sp³-hybridized carbons (Fsp3) is 0.562. The molecule has 0 bridgehead atoms. The Bertz CT molecular complexity index is 448. The predicted molar refractivity (Wildman–Crippen MR) is 80.7 cm³/mol. The highest BCUT2D eigenvalue weighted by Gasteiger charge is 2.15. The molecule has 0 saturated carbocycles. The molecule has 0 radical (unpaired) electrons. The minimum absolute atomic E-state index is 0.103. The summed E-state index contributed by atoms with van der Waals surface area (Å²) in [6.07, 6.45) is 3.11. The van der Waals surface area contributed by atoms with Crippen molar-refractivity contribution in [3.05, 3.63) is 23.8 Å². The fourth-order valence-corrected chi connectivity index (χ4v) is 2.57. The summed E-state index contributed by atoms with van der Waals surface area (Å²) in [5, 5.41) is 3.00. The Morgan fingerprint density at radius 2 is 2.00 bits per heavy atom. The van der Waals surface area contributed by atoms with E-state index in [4.69, 9.17) is 0 Å². The molecule has 0 spiro atoms. The van der Waals surface area contributed by atoms with Crippen LogP contribution in [0.3, 0.4) is 0 Å². The second-order valence-corrected chi connectivity index (χ2v) is 5.84. The quantitative estimate of drug-likeness (QED) is 0.897. The summed E-state index contributed by atoms with van der Waals surface area (Å²) in [6.45, 7) is 8.51. The van der Waals surface area contributed by atoms with Gasteiger partial charge in [0.2, 0.25) is 5.91 Å². The average Bonchev–Trinajstić information content (AvgIpc) is 2.84. The number of rotatable bonds is 4. The van der Waals surface area contributed by atoms with Gasteiger partial charge in [-0.2, -0.15) is 0 Å². The third-order valence-electron chi connectivity index (χ3n) is 3.53. The first-order valence-electron chi connectivity index (χ1n) is 7.21. The molecule has 3 heteroatoms. The first-order valence-corrected chi connectivity index (χ1v) is 7.21. The van der Waals surface area contributed by atoms with Crippen LogP contribution in [0.4, 0.5) is 11.4 Å². The van der Waals surface area contributed by atoms with E-state index in [2.05, 4.69) is 43.1 Å². The van der Waals surface area contributed by atoms with Crippen LogP contribution in [-0.2, 0) is 4.79 Å². The smallest absolute Gasteiger partial charge is 0.224 e. The molecular weight excluding hydrogens is 236 g/mol. The lowest BCUT2D eigenvalue weighted by Gasteiger charge is -2.21. The molecule has 1 aliphatic rings. The molecule has 1 saturated heterocycles. The van der Waals surface area contributed by atoms with Gasteiger partial charge < -0.3 is 10.2 Å². The largest absolute Gasteiger partial charge is 0.371 e. The Kier molecular flexibility index (Phi) is 4.46. The Balaban J connectivity index is 2.09. The van der Waals surface area contributed by atoms with Gasteiger partial charge in [-0.15, -0.1) is 0 Å². The monoisotopic (exact) mass is 260 g/mol. The number of aryl methyl sites for hydroxylation is 1. The Labute approximate surface area is 116 Å². The van der Waals surface area contributed by atoms with Crippen molar-refractivity contribution in [3.8, 4) is 0 Å². The summed E-state index contributed by atoms with van der Waals surface area (Å²) < 4.78 is 0. The zero-order valence-electron chi connectivity index (χ0n) is 12.2. The number of carbonyl (C=O) groups excluding carboxylic acids is 1. The van der Waals surface area contributed by atoms with Crippen LogP contribution in [0.15, 0.2) is 18.2 Å². The topological polar surface area (TPSA) is 32.3 Å². The number of carbonyl (C=O) groups is 1. The van der Waals surface area contributed by atoms with Crippen LogP contribution in [0.1, 0.15) is 38.7 Å². The lowest BCUT2D eigenvalue weighted by molar-refractivity contribution is -0.116. The van der Waals surface area contributed by atoms with Gasteiger partial charge in [0, 0.05) is 30.9 Å². The molecule has 0 atom stereocenters. The van der Waals surface area contributed by atoms with Crippen molar-refractivity contribution < 1.29 is 4.79 Å². The third-order valence-corrected chi connectivity index (χ3v) is 3.53. The van der Waals surface area contributed by atoms with Gasteiger partial charge in [-0.3, -0.25) is 4.79 Å². The van der Waals surface area contributed by atoms with Crippen LogP contribution in [-0.4, -0.2) is 19.0 Å². The zero-order chi connectivity index (χ0) is 13.8. The summed E-state index contributed by atoms with van der Waals surface area (Å²) >= 11 is 0. The maximum Gasteiger partial charge on any atom is 0.224 e. The SMILES string of the molecule is Cc1ccc(NC(=O)CC(C)C)cc1N1CCCC1. The molecule has 0 aromatic heterocycles. The molecule has 0 aliphatic carbocycles. The van der Waals surface area contributed by atoms with Crippen molar-refractivity contribution in [2.45, 2.75) is 40.0 Å². The van der Waals surface area contributed by atoms with Crippen LogP contribution in [0, 0.1) is 12.8 Å². The lowest BCUT2D eigenvalue weighted by atomic mass is 10.1. The minimum Gasteiger partial charge on any atom is -0.371 e. The van der Waals surface area contributed by atoms with Gasteiger partial charge in [-0.05, 0) is 43.4 Å². The Morgan fingerprint density at radius 3 is 2.63 bits per heavy atom. The first-order chi connectivity index (χ1) is 9.06. The number of hydrogen-bond donors (Lipinski definition) is 1. The first kappa shape index (κ1) is 13.9. The predicted octanol–water partition coefficient (Wildman–Crippen LogP) is 3.58. The lowest BCUT2D eigenvalue weighted by Crippen LogP contribution is -2.19. The number of hydrogen-bond acceptors (Lipinski definition) is 2. The van der Waals surface area contributed by atoms with Gasteiger partial charge in [0.05, 0.1) is 0 Å². The Hall–Kier alpha value is -1.51. The fourth-order valence-electron chi connectivity index (χ4n) is 2.57. The van der Waals surface area contributed by atoms with Gasteiger partial charge >= 0.3 is 0 Å².